The molecular formula is C13H19N3O2. The largest absolute Gasteiger partial charge is 0.497 e. The molecule has 1 aromatic carbocycles. The second kappa shape index (κ2) is 5.73. The summed E-state index contributed by atoms with van der Waals surface area (Å²) in [5.41, 5.74) is 7.34. The van der Waals surface area contributed by atoms with Crippen LogP contribution in [-0.2, 0) is 4.74 Å². The lowest BCUT2D eigenvalue weighted by atomic mass is 10.1. The van der Waals surface area contributed by atoms with Crippen molar-refractivity contribution in [3.63, 3.8) is 0 Å². The topological polar surface area (TPSA) is 71.6 Å². The van der Waals surface area contributed by atoms with Gasteiger partial charge in [-0.05, 0) is 18.6 Å². The first kappa shape index (κ1) is 12.7. The Labute approximate surface area is 107 Å². The molecule has 5 heteroatoms. The molecule has 1 heterocycles. The van der Waals surface area contributed by atoms with Gasteiger partial charge in [0.1, 0.15) is 11.6 Å². The van der Waals surface area contributed by atoms with Gasteiger partial charge >= 0.3 is 0 Å². The van der Waals surface area contributed by atoms with E-state index < -0.39 is 0 Å². The minimum Gasteiger partial charge on any atom is -0.497 e. The molecule has 1 aliphatic rings. The molecular weight excluding hydrogens is 230 g/mol. The van der Waals surface area contributed by atoms with E-state index in [0.29, 0.717) is 6.61 Å². The molecule has 98 valence electrons. The smallest absolute Gasteiger partial charge is 0.124 e. The fraction of sp³-hybridized carbons (Fsp3) is 0.462. The first-order chi connectivity index (χ1) is 8.72. The van der Waals surface area contributed by atoms with E-state index in [1.54, 1.807) is 7.11 Å². The molecule has 3 N–H and O–H groups in total. The highest BCUT2D eigenvalue weighted by atomic mass is 16.5. The molecule has 0 amide bonds. The van der Waals surface area contributed by atoms with Crippen LogP contribution in [0.3, 0.4) is 0 Å². The van der Waals surface area contributed by atoms with Crippen LogP contribution in [0.2, 0.25) is 0 Å². The Morgan fingerprint density at radius 3 is 2.94 bits per heavy atom. The van der Waals surface area contributed by atoms with Gasteiger partial charge in [0.25, 0.3) is 0 Å². The van der Waals surface area contributed by atoms with Crippen LogP contribution in [0.4, 0.5) is 5.69 Å². The van der Waals surface area contributed by atoms with E-state index >= 15 is 0 Å². The second-order valence-corrected chi connectivity index (χ2v) is 4.25. The van der Waals surface area contributed by atoms with Gasteiger partial charge < -0.3 is 20.1 Å². The van der Waals surface area contributed by atoms with Crippen LogP contribution in [0.25, 0.3) is 0 Å². The van der Waals surface area contributed by atoms with Gasteiger partial charge in [-0.3, -0.25) is 5.41 Å². The maximum absolute atomic E-state index is 7.66. The zero-order chi connectivity index (χ0) is 13.0. The molecule has 0 aromatic heterocycles. The molecule has 2 rings (SSSR count). The second-order valence-electron chi connectivity index (χ2n) is 4.25. The first-order valence-corrected chi connectivity index (χ1v) is 6.07. The van der Waals surface area contributed by atoms with E-state index in [9.17, 15) is 0 Å². The number of amidine groups is 1. The van der Waals surface area contributed by atoms with E-state index in [-0.39, 0.29) is 5.84 Å². The Hall–Kier alpha value is -1.75. The number of nitrogens with zero attached hydrogens (tertiary/aromatic N) is 1. The van der Waals surface area contributed by atoms with Gasteiger partial charge in [-0.15, -0.1) is 0 Å². The van der Waals surface area contributed by atoms with Crippen molar-refractivity contribution in [3.8, 4) is 5.75 Å². The van der Waals surface area contributed by atoms with Crippen LogP contribution < -0.4 is 15.4 Å². The zero-order valence-electron chi connectivity index (χ0n) is 10.6. The van der Waals surface area contributed by atoms with Crippen molar-refractivity contribution in [3.05, 3.63) is 23.8 Å². The Morgan fingerprint density at radius 1 is 1.39 bits per heavy atom. The third-order valence-electron chi connectivity index (χ3n) is 3.06. The molecule has 0 unspecified atom stereocenters. The highest BCUT2D eigenvalue weighted by Gasteiger charge is 2.16. The summed E-state index contributed by atoms with van der Waals surface area (Å²) in [6, 6.07) is 5.60. The van der Waals surface area contributed by atoms with Crippen molar-refractivity contribution < 1.29 is 9.47 Å². The first-order valence-electron chi connectivity index (χ1n) is 6.07. The van der Waals surface area contributed by atoms with Crippen molar-refractivity contribution >= 4 is 11.5 Å². The minimum atomic E-state index is 0.0813. The average molecular weight is 249 g/mol. The number of hydrogen-bond acceptors (Lipinski definition) is 4. The molecule has 0 bridgehead atoms. The van der Waals surface area contributed by atoms with E-state index in [4.69, 9.17) is 20.6 Å². The highest BCUT2D eigenvalue weighted by molar-refractivity contribution is 6.00. The SMILES string of the molecule is COc1ccc(C(=N)N)c(N2CCCOCC2)c1. The van der Waals surface area contributed by atoms with Crippen LogP contribution >= 0.6 is 0 Å². The quantitative estimate of drug-likeness (QED) is 0.624. The number of methoxy groups -OCH3 is 1. The van der Waals surface area contributed by atoms with Gasteiger partial charge in [0, 0.05) is 31.3 Å². The van der Waals surface area contributed by atoms with Crippen LogP contribution in [0, 0.1) is 5.41 Å². The van der Waals surface area contributed by atoms with Crippen LogP contribution in [0.15, 0.2) is 18.2 Å². The number of nitrogens with one attached hydrogen (secondary N) is 1. The van der Waals surface area contributed by atoms with Crippen molar-refractivity contribution in [1.29, 1.82) is 5.41 Å². The summed E-state index contributed by atoms with van der Waals surface area (Å²) in [6.45, 7) is 3.21. The van der Waals surface area contributed by atoms with Crippen LogP contribution in [0.5, 0.6) is 5.75 Å². The molecule has 0 saturated carbocycles. The number of anilines is 1. The Morgan fingerprint density at radius 2 is 2.22 bits per heavy atom. The van der Waals surface area contributed by atoms with E-state index in [1.807, 2.05) is 18.2 Å². The maximum atomic E-state index is 7.66. The van der Waals surface area contributed by atoms with E-state index in [0.717, 1.165) is 43.1 Å². The highest BCUT2D eigenvalue weighted by Crippen LogP contribution is 2.26. The predicted octanol–water partition coefficient (Wildman–Crippen LogP) is 1.21. The van der Waals surface area contributed by atoms with Crippen LogP contribution in [-0.4, -0.2) is 39.2 Å². The molecule has 18 heavy (non-hydrogen) atoms. The molecule has 1 aliphatic heterocycles. The van der Waals surface area contributed by atoms with Crippen LogP contribution in [0.1, 0.15) is 12.0 Å². The Balaban J connectivity index is 2.35. The van der Waals surface area contributed by atoms with E-state index in [1.165, 1.54) is 0 Å². The molecule has 0 spiro atoms. The van der Waals surface area contributed by atoms with Crippen molar-refractivity contribution in [2.45, 2.75) is 6.42 Å². The lowest BCUT2D eigenvalue weighted by Gasteiger charge is -2.25. The van der Waals surface area contributed by atoms with Crippen molar-refractivity contribution in [2.75, 3.05) is 38.3 Å². The fourth-order valence-corrected chi connectivity index (χ4v) is 2.11. The predicted molar refractivity (Wildman–Crippen MR) is 71.7 cm³/mol. The van der Waals surface area contributed by atoms with Gasteiger partial charge in [-0.2, -0.15) is 0 Å². The monoisotopic (exact) mass is 249 g/mol. The number of nitrogen functional groups attached to an aromatic ring is 1. The summed E-state index contributed by atoms with van der Waals surface area (Å²) in [6.07, 6.45) is 0.981. The van der Waals surface area contributed by atoms with Gasteiger partial charge in [0.05, 0.1) is 19.4 Å². The molecule has 1 fully saturated rings. The summed E-state index contributed by atoms with van der Waals surface area (Å²) in [5, 5.41) is 7.66. The molecule has 0 radical (unpaired) electrons. The normalized spacial score (nSPS) is 16.2. The summed E-state index contributed by atoms with van der Waals surface area (Å²) in [4.78, 5) is 2.20. The third-order valence-corrected chi connectivity index (χ3v) is 3.06. The standard InChI is InChI=1S/C13H19N3O2/c1-17-10-3-4-11(13(14)15)12(9-10)16-5-2-7-18-8-6-16/h3-4,9H,2,5-8H2,1H3,(H3,14,15). The number of ether oxygens (including phenoxy) is 2. The summed E-state index contributed by atoms with van der Waals surface area (Å²) < 4.78 is 10.7. The lowest BCUT2D eigenvalue weighted by molar-refractivity contribution is 0.152. The lowest BCUT2D eigenvalue weighted by Crippen LogP contribution is -2.28. The number of rotatable bonds is 3. The average Bonchev–Trinajstić information content (AvgIpc) is 2.66. The van der Waals surface area contributed by atoms with Crippen molar-refractivity contribution in [2.24, 2.45) is 5.73 Å². The molecule has 0 atom stereocenters. The summed E-state index contributed by atoms with van der Waals surface area (Å²) in [5.74, 6) is 0.859. The molecule has 0 aliphatic carbocycles. The molecule has 1 saturated heterocycles. The van der Waals surface area contributed by atoms with Gasteiger partial charge in [0.2, 0.25) is 0 Å². The fourth-order valence-electron chi connectivity index (χ4n) is 2.11. The summed E-state index contributed by atoms with van der Waals surface area (Å²) in [7, 11) is 1.64. The Kier molecular flexibility index (Phi) is 4.04. The zero-order valence-corrected chi connectivity index (χ0v) is 10.6. The molecule has 1 aromatic rings. The van der Waals surface area contributed by atoms with Gasteiger partial charge in [0.15, 0.2) is 0 Å². The number of nitrogens with two attached hydrogens (primary N) is 1. The number of hydrogen-bond donors (Lipinski definition) is 2. The number of benzene rings is 1. The van der Waals surface area contributed by atoms with Gasteiger partial charge in [-0.1, -0.05) is 0 Å². The van der Waals surface area contributed by atoms with E-state index in [2.05, 4.69) is 4.90 Å². The van der Waals surface area contributed by atoms with Crippen molar-refractivity contribution in [1.82, 2.24) is 0 Å². The maximum Gasteiger partial charge on any atom is 0.124 e. The molecule has 5 nitrogen and oxygen atoms in total. The Bertz CT molecular complexity index is 426. The van der Waals surface area contributed by atoms with Gasteiger partial charge in [-0.25, -0.2) is 0 Å². The third kappa shape index (κ3) is 2.73. The minimum absolute atomic E-state index is 0.0813. The summed E-state index contributed by atoms with van der Waals surface area (Å²) >= 11 is 0.